The SMILES string of the molecule is CC(O)CN(C)C1CC(C(C)(C)C)CCC1CN. The highest BCUT2D eigenvalue weighted by atomic mass is 16.3. The molecular formula is C15H32N2O. The number of hydrogen-bond donors (Lipinski definition) is 2. The summed E-state index contributed by atoms with van der Waals surface area (Å²) < 4.78 is 0. The number of aliphatic hydroxyl groups excluding tert-OH is 1. The molecule has 0 saturated heterocycles. The lowest BCUT2D eigenvalue weighted by molar-refractivity contribution is 0.0357. The molecule has 4 atom stereocenters. The third kappa shape index (κ3) is 4.22. The molecule has 0 aromatic carbocycles. The summed E-state index contributed by atoms with van der Waals surface area (Å²) in [5.74, 6) is 1.36. The zero-order chi connectivity index (χ0) is 13.9. The van der Waals surface area contributed by atoms with Crippen LogP contribution in [0.3, 0.4) is 0 Å². The lowest BCUT2D eigenvalue weighted by Crippen LogP contribution is -2.48. The first-order valence-corrected chi connectivity index (χ1v) is 7.34. The predicted octanol–water partition coefficient (Wildman–Crippen LogP) is 2.09. The summed E-state index contributed by atoms with van der Waals surface area (Å²) in [6.45, 7) is 10.4. The third-order valence-corrected chi connectivity index (χ3v) is 4.60. The van der Waals surface area contributed by atoms with Gasteiger partial charge < -0.3 is 15.7 Å². The van der Waals surface area contributed by atoms with E-state index < -0.39 is 0 Å². The first-order valence-electron chi connectivity index (χ1n) is 7.34. The van der Waals surface area contributed by atoms with Crippen molar-refractivity contribution in [2.75, 3.05) is 20.1 Å². The Balaban J connectivity index is 2.70. The second-order valence-electron chi connectivity index (χ2n) is 7.23. The molecule has 108 valence electrons. The molecule has 0 aliphatic heterocycles. The normalized spacial score (nSPS) is 31.7. The first kappa shape index (κ1) is 15.9. The molecule has 18 heavy (non-hydrogen) atoms. The van der Waals surface area contributed by atoms with Gasteiger partial charge in [0, 0.05) is 12.6 Å². The number of nitrogens with two attached hydrogens (primary N) is 1. The fourth-order valence-corrected chi connectivity index (χ4v) is 3.36. The molecule has 0 aromatic rings. The van der Waals surface area contributed by atoms with Crippen molar-refractivity contribution >= 4 is 0 Å². The van der Waals surface area contributed by atoms with Crippen LogP contribution in [-0.4, -0.2) is 42.3 Å². The van der Waals surface area contributed by atoms with Crippen molar-refractivity contribution in [3.63, 3.8) is 0 Å². The molecule has 0 amide bonds. The Kier molecular flexibility index (Phi) is 5.63. The summed E-state index contributed by atoms with van der Waals surface area (Å²) in [6.07, 6.45) is 3.48. The fraction of sp³-hybridized carbons (Fsp3) is 1.00. The van der Waals surface area contributed by atoms with Gasteiger partial charge in [-0.05, 0) is 57.0 Å². The highest BCUT2D eigenvalue weighted by molar-refractivity contribution is 4.90. The van der Waals surface area contributed by atoms with Crippen LogP contribution in [0.2, 0.25) is 0 Å². The summed E-state index contributed by atoms with van der Waals surface area (Å²) in [5, 5.41) is 9.57. The molecule has 1 saturated carbocycles. The van der Waals surface area contributed by atoms with Crippen LogP contribution in [0, 0.1) is 17.3 Å². The van der Waals surface area contributed by atoms with Crippen LogP contribution < -0.4 is 5.73 Å². The van der Waals surface area contributed by atoms with E-state index in [2.05, 4.69) is 32.7 Å². The average Bonchev–Trinajstić information content (AvgIpc) is 2.26. The summed E-state index contributed by atoms with van der Waals surface area (Å²) in [4.78, 5) is 2.32. The Hall–Kier alpha value is -0.120. The Bertz CT molecular complexity index is 247. The molecule has 0 spiro atoms. The Labute approximate surface area is 113 Å². The van der Waals surface area contributed by atoms with Crippen molar-refractivity contribution in [2.24, 2.45) is 23.0 Å². The quantitative estimate of drug-likeness (QED) is 0.810. The standard InChI is InChI=1S/C15H32N2O/c1-11(18)10-17(5)14-8-13(15(2,3)4)7-6-12(14)9-16/h11-14,18H,6-10,16H2,1-5H3. The smallest absolute Gasteiger partial charge is 0.0639 e. The number of rotatable bonds is 4. The van der Waals surface area contributed by atoms with E-state index in [4.69, 9.17) is 5.73 Å². The number of likely N-dealkylation sites (N-methyl/N-ethyl adjacent to an activating group) is 1. The van der Waals surface area contributed by atoms with Crippen molar-refractivity contribution < 1.29 is 5.11 Å². The molecule has 3 nitrogen and oxygen atoms in total. The highest BCUT2D eigenvalue weighted by Gasteiger charge is 2.37. The van der Waals surface area contributed by atoms with E-state index in [1.807, 2.05) is 6.92 Å². The molecule has 3 N–H and O–H groups in total. The molecule has 4 unspecified atom stereocenters. The summed E-state index contributed by atoms with van der Waals surface area (Å²) in [5.41, 5.74) is 6.31. The lowest BCUT2D eigenvalue weighted by atomic mass is 9.67. The van der Waals surface area contributed by atoms with Crippen molar-refractivity contribution in [2.45, 2.75) is 59.1 Å². The second kappa shape index (κ2) is 6.36. The Morgan fingerprint density at radius 1 is 1.33 bits per heavy atom. The van der Waals surface area contributed by atoms with E-state index in [0.29, 0.717) is 17.4 Å². The van der Waals surface area contributed by atoms with E-state index in [1.54, 1.807) is 0 Å². The van der Waals surface area contributed by atoms with Gasteiger partial charge in [-0.2, -0.15) is 0 Å². The topological polar surface area (TPSA) is 49.5 Å². The van der Waals surface area contributed by atoms with E-state index in [-0.39, 0.29) is 6.10 Å². The molecule has 0 heterocycles. The second-order valence-corrected chi connectivity index (χ2v) is 7.23. The highest BCUT2D eigenvalue weighted by Crippen LogP contribution is 2.41. The maximum atomic E-state index is 9.57. The predicted molar refractivity (Wildman–Crippen MR) is 77.4 cm³/mol. The Morgan fingerprint density at radius 2 is 1.94 bits per heavy atom. The fourth-order valence-electron chi connectivity index (χ4n) is 3.36. The van der Waals surface area contributed by atoms with Crippen molar-refractivity contribution in [1.29, 1.82) is 0 Å². The summed E-state index contributed by atoms with van der Waals surface area (Å²) in [7, 11) is 2.13. The van der Waals surface area contributed by atoms with Gasteiger partial charge in [-0.1, -0.05) is 20.8 Å². The van der Waals surface area contributed by atoms with Crippen LogP contribution in [0.1, 0.15) is 47.0 Å². The van der Waals surface area contributed by atoms with Gasteiger partial charge in [-0.3, -0.25) is 0 Å². The number of aliphatic hydroxyl groups is 1. The maximum absolute atomic E-state index is 9.57. The van der Waals surface area contributed by atoms with E-state index in [1.165, 1.54) is 19.3 Å². The first-order chi connectivity index (χ1) is 8.25. The minimum absolute atomic E-state index is 0.261. The molecule has 0 radical (unpaired) electrons. The van der Waals surface area contributed by atoms with Gasteiger partial charge in [-0.15, -0.1) is 0 Å². The molecule has 3 heteroatoms. The zero-order valence-corrected chi connectivity index (χ0v) is 12.8. The zero-order valence-electron chi connectivity index (χ0n) is 12.8. The maximum Gasteiger partial charge on any atom is 0.0639 e. The molecule has 0 bridgehead atoms. The summed E-state index contributed by atoms with van der Waals surface area (Å²) >= 11 is 0. The minimum atomic E-state index is -0.261. The van der Waals surface area contributed by atoms with Crippen molar-refractivity contribution in [3.05, 3.63) is 0 Å². The Morgan fingerprint density at radius 3 is 2.39 bits per heavy atom. The van der Waals surface area contributed by atoms with E-state index >= 15 is 0 Å². The van der Waals surface area contributed by atoms with Gasteiger partial charge in [-0.25, -0.2) is 0 Å². The average molecular weight is 256 g/mol. The minimum Gasteiger partial charge on any atom is -0.392 e. The molecular weight excluding hydrogens is 224 g/mol. The van der Waals surface area contributed by atoms with Crippen molar-refractivity contribution in [3.8, 4) is 0 Å². The van der Waals surface area contributed by atoms with Gasteiger partial charge in [0.15, 0.2) is 0 Å². The third-order valence-electron chi connectivity index (χ3n) is 4.60. The van der Waals surface area contributed by atoms with Crippen LogP contribution in [0.15, 0.2) is 0 Å². The van der Waals surface area contributed by atoms with Crippen LogP contribution in [0.5, 0.6) is 0 Å². The lowest BCUT2D eigenvalue weighted by Gasteiger charge is -2.45. The molecule has 1 aliphatic rings. The van der Waals surface area contributed by atoms with Gasteiger partial charge in [0.05, 0.1) is 6.10 Å². The molecule has 0 aromatic heterocycles. The molecule has 1 aliphatic carbocycles. The van der Waals surface area contributed by atoms with Crippen LogP contribution in [0.4, 0.5) is 0 Å². The van der Waals surface area contributed by atoms with Crippen LogP contribution in [-0.2, 0) is 0 Å². The van der Waals surface area contributed by atoms with E-state index in [9.17, 15) is 5.11 Å². The van der Waals surface area contributed by atoms with Gasteiger partial charge in [0.1, 0.15) is 0 Å². The van der Waals surface area contributed by atoms with Gasteiger partial charge in [0.2, 0.25) is 0 Å². The van der Waals surface area contributed by atoms with E-state index in [0.717, 1.165) is 19.0 Å². The van der Waals surface area contributed by atoms with Gasteiger partial charge >= 0.3 is 0 Å². The summed E-state index contributed by atoms with van der Waals surface area (Å²) in [6, 6.07) is 0.530. The molecule has 1 rings (SSSR count). The van der Waals surface area contributed by atoms with Crippen molar-refractivity contribution in [1.82, 2.24) is 4.90 Å². The van der Waals surface area contributed by atoms with Crippen LogP contribution in [0.25, 0.3) is 0 Å². The monoisotopic (exact) mass is 256 g/mol. The van der Waals surface area contributed by atoms with Gasteiger partial charge in [0.25, 0.3) is 0 Å². The molecule has 1 fully saturated rings. The number of nitrogens with zero attached hydrogens (tertiary/aromatic N) is 1. The van der Waals surface area contributed by atoms with Crippen LogP contribution >= 0.6 is 0 Å². The largest absolute Gasteiger partial charge is 0.392 e. The number of hydrogen-bond acceptors (Lipinski definition) is 3.